The minimum atomic E-state index is -0.231. The van der Waals surface area contributed by atoms with Crippen LogP contribution in [0.3, 0.4) is 0 Å². The summed E-state index contributed by atoms with van der Waals surface area (Å²) in [6.45, 7) is 4.97. The van der Waals surface area contributed by atoms with Crippen LogP contribution in [0.2, 0.25) is 0 Å². The summed E-state index contributed by atoms with van der Waals surface area (Å²) in [7, 11) is 0. The van der Waals surface area contributed by atoms with Crippen LogP contribution in [0.1, 0.15) is 24.5 Å². The van der Waals surface area contributed by atoms with E-state index < -0.39 is 0 Å². The predicted molar refractivity (Wildman–Crippen MR) is 77.5 cm³/mol. The van der Waals surface area contributed by atoms with Crippen molar-refractivity contribution in [2.45, 2.75) is 32.4 Å². The Morgan fingerprint density at radius 2 is 2.29 bits per heavy atom. The van der Waals surface area contributed by atoms with E-state index in [9.17, 15) is 9.18 Å². The van der Waals surface area contributed by atoms with E-state index in [2.05, 4.69) is 4.90 Å². The first kappa shape index (κ1) is 14.3. The monoisotopic (exact) mass is 292 g/mol. The molecule has 2 heterocycles. The lowest BCUT2D eigenvalue weighted by molar-refractivity contribution is 0.0481. The fourth-order valence-electron chi connectivity index (χ4n) is 3.30. The summed E-state index contributed by atoms with van der Waals surface area (Å²) < 4.78 is 19.1. The highest BCUT2D eigenvalue weighted by Crippen LogP contribution is 2.27. The number of hydrogen-bond donors (Lipinski definition) is 0. The molecule has 1 atom stereocenters. The minimum absolute atomic E-state index is 0.110. The zero-order valence-electron chi connectivity index (χ0n) is 12.3. The summed E-state index contributed by atoms with van der Waals surface area (Å²) in [5, 5.41) is 0. The van der Waals surface area contributed by atoms with Gasteiger partial charge in [0.1, 0.15) is 5.82 Å². The van der Waals surface area contributed by atoms with E-state index in [1.807, 2.05) is 13.0 Å². The Morgan fingerprint density at radius 3 is 3.10 bits per heavy atom. The van der Waals surface area contributed by atoms with Crippen LogP contribution in [0.4, 0.5) is 9.18 Å². The Balaban J connectivity index is 1.73. The number of ether oxygens (including phenoxy) is 1. The van der Waals surface area contributed by atoms with Crippen molar-refractivity contribution in [3.05, 3.63) is 35.1 Å². The molecule has 1 aromatic carbocycles. The standard InChI is InChI=1S/C16H21FN2O2/c1-2-21-16(20)19-9-8-18-11-14-12(4-3-5-15(14)17)6-7-13(18)10-19/h3-5,13H,2,6-11H2,1H3. The number of benzene rings is 1. The Bertz CT molecular complexity index is 535. The molecule has 1 unspecified atom stereocenters. The number of carbonyl (C=O) groups excluding carboxylic acids is 1. The lowest BCUT2D eigenvalue weighted by atomic mass is 10.0. The number of rotatable bonds is 1. The van der Waals surface area contributed by atoms with Crippen molar-refractivity contribution in [3.63, 3.8) is 0 Å². The molecule has 1 amide bonds. The fraction of sp³-hybridized carbons (Fsp3) is 0.562. The van der Waals surface area contributed by atoms with Crippen molar-refractivity contribution in [3.8, 4) is 0 Å². The first-order valence-corrected chi connectivity index (χ1v) is 7.61. The molecular formula is C16H21FN2O2. The highest BCUT2D eigenvalue weighted by molar-refractivity contribution is 5.67. The molecule has 0 aromatic heterocycles. The van der Waals surface area contributed by atoms with E-state index in [-0.39, 0.29) is 18.0 Å². The first-order valence-electron chi connectivity index (χ1n) is 7.61. The van der Waals surface area contributed by atoms with E-state index >= 15 is 0 Å². The Morgan fingerprint density at radius 1 is 1.43 bits per heavy atom. The highest BCUT2D eigenvalue weighted by atomic mass is 19.1. The lowest BCUT2D eigenvalue weighted by Gasteiger charge is -2.40. The number of halogens is 1. The van der Waals surface area contributed by atoms with Gasteiger partial charge in [-0.05, 0) is 31.4 Å². The van der Waals surface area contributed by atoms with Gasteiger partial charge in [-0.3, -0.25) is 4.90 Å². The van der Waals surface area contributed by atoms with Crippen LogP contribution in [0.25, 0.3) is 0 Å². The maximum atomic E-state index is 14.0. The number of aryl methyl sites for hydroxylation is 1. The topological polar surface area (TPSA) is 32.8 Å². The molecule has 0 saturated carbocycles. The summed E-state index contributed by atoms with van der Waals surface area (Å²) in [6.07, 6.45) is 1.59. The van der Waals surface area contributed by atoms with Gasteiger partial charge in [-0.25, -0.2) is 9.18 Å². The van der Waals surface area contributed by atoms with Crippen LogP contribution in [0, 0.1) is 5.82 Å². The molecule has 2 aliphatic rings. The zero-order chi connectivity index (χ0) is 14.8. The molecular weight excluding hydrogens is 271 g/mol. The van der Waals surface area contributed by atoms with Crippen molar-refractivity contribution >= 4 is 6.09 Å². The third-order valence-corrected chi connectivity index (χ3v) is 4.45. The van der Waals surface area contributed by atoms with Gasteiger partial charge < -0.3 is 9.64 Å². The Hall–Kier alpha value is -1.62. The van der Waals surface area contributed by atoms with Crippen LogP contribution in [-0.2, 0) is 17.7 Å². The second-order valence-corrected chi connectivity index (χ2v) is 5.69. The van der Waals surface area contributed by atoms with Crippen molar-refractivity contribution in [1.29, 1.82) is 0 Å². The average molecular weight is 292 g/mol. The van der Waals surface area contributed by atoms with Crippen LogP contribution < -0.4 is 0 Å². The number of nitrogens with zero attached hydrogens (tertiary/aromatic N) is 2. The summed E-state index contributed by atoms with van der Waals surface area (Å²) in [5.74, 6) is -0.110. The molecule has 5 heteroatoms. The molecule has 1 aromatic rings. The van der Waals surface area contributed by atoms with E-state index in [1.165, 1.54) is 6.07 Å². The molecule has 114 valence electrons. The largest absolute Gasteiger partial charge is 0.450 e. The second kappa shape index (κ2) is 6.02. The van der Waals surface area contributed by atoms with Crippen LogP contribution in [0.5, 0.6) is 0 Å². The molecule has 21 heavy (non-hydrogen) atoms. The van der Waals surface area contributed by atoms with Crippen molar-refractivity contribution in [1.82, 2.24) is 9.80 Å². The first-order chi connectivity index (χ1) is 10.2. The second-order valence-electron chi connectivity index (χ2n) is 5.69. The summed E-state index contributed by atoms with van der Waals surface area (Å²) in [4.78, 5) is 15.9. The SMILES string of the molecule is CCOC(=O)N1CCN2Cc3c(F)cccc3CCC2C1. The molecule has 0 N–H and O–H groups in total. The van der Waals surface area contributed by atoms with Gasteiger partial charge in [0, 0.05) is 37.8 Å². The highest BCUT2D eigenvalue weighted by Gasteiger charge is 2.32. The molecule has 4 nitrogen and oxygen atoms in total. The van der Waals surface area contributed by atoms with E-state index in [0.29, 0.717) is 26.2 Å². The molecule has 0 radical (unpaired) electrons. The van der Waals surface area contributed by atoms with Crippen molar-refractivity contribution < 1.29 is 13.9 Å². The molecule has 2 aliphatic heterocycles. The number of fused-ring (bicyclic) bond motifs is 2. The average Bonchev–Trinajstić information content (AvgIpc) is 2.67. The van der Waals surface area contributed by atoms with Gasteiger partial charge >= 0.3 is 6.09 Å². The van der Waals surface area contributed by atoms with Crippen molar-refractivity contribution in [2.75, 3.05) is 26.2 Å². The quantitative estimate of drug-likeness (QED) is 0.797. The molecule has 1 fully saturated rings. The summed E-state index contributed by atoms with van der Waals surface area (Å²) >= 11 is 0. The molecule has 0 aliphatic carbocycles. The van der Waals surface area contributed by atoms with E-state index in [4.69, 9.17) is 4.74 Å². The van der Waals surface area contributed by atoms with Crippen molar-refractivity contribution in [2.24, 2.45) is 0 Å². The summed E-state index contributed by atoms with van der Waals surface area (Å²) in [6, 6.07) is 5.62. The maximum Gasteiger partial charge on any atom is 0.409 e. The molecule has 3 rings (SSSR count). The van der Waals surface area contributed by atoms with Gasteiger partial charge in [-0.2, -0.15) is 0 Å². The molecule has 1 saturated heterocycles. The van der Waals surface area contributed by atoms with Gasteiger partial charge in [0.15, 0.2) is 0 Å². The molecule has 0 spiro atoms. The smallest absolute Gasteiger partial charge is 0.409 e. The minimum Gasteiger partial charge on any atom is -0.450 e. The van der Waals surface area contributed by atoms with Gasteiger partial charge in [-0.15, -0.1) is 0 Å². The number of amides is 1. The van der Waals surface area contributed by atoms with Gasteiger partial charge in [-0.1, -0.05) is 12.1 Å². The fourth-order valence-corrected chi connectivity index (χ4v) is 3.30. The number of piperazine rings is 1. The normalized spacial score (nSPS) is 22.2. The third kappa shape index (κ3) is 2.88. The van der Waals surface area contributed by atoms with E-state index in [0.717, 1.165) is 30.5 Å². The predicted octanol–water partition coefficient (Wildman–Crippen LogP) is 2.41. The Labute approximate surface area is 124 Å². The third-order valence-electron chi connectivity index (χ3n) is 4.45. The zero-order valence-corrected chi connectivity index (χ0v) is 12.3. The maximum absolute atomic E-state index is 14.0. The molecule has 0 bridgehead atoms. The van der Waals surface area contributed by atoms with Crippen LogP contribution in [0.15, 0.2) is 18.2 Å². The van der Waals surface area contributed by atoms with E-state index in [1.54, 1.807) is 11.0 Å². The Kier molecular flexibility index (Phi) is 4.10. The number of carbonyl (C=O) groups is 1. The van der Waals surface area contributed by atoms with Gasteiger partial charge in [0.25, 0.3) is 0 Å². The van der Waals surface area contributed by atoms with Gasteiger partial charge in [0.2, 0.25) is 0 Å². The lowest BCUT2D eigenvalue weighted by Crippen LogP contribution is -2.54. The van der Waals surface area contributed by atoms with Gasteiger partial charge in [0.05, 0.1) is 6.61 Å². The summed E-state index contributed by atoms with van der Waals surface area (Å²) in [5.41, 5.74) is 1.93. The van der Waals surface area contributed by atoms with Crippen LogP contribution in [-0.4, -0.2) is 48.2 Å². The van der Waals surface area contributed by atoms with Crippen LogP contribution >= 0.6 is 0 Å². The number of hydrogen-bond acceptors (Lipinski definition) is 3.